The molecule has 2 aromatic carbocycles. The van der Waals surface area contributed by atoms with Crippen LogP contribution in [0.4, 0.5) is 5.69 Å². The summed E-state index contributed by atoms with van der Waals surface area (Å²) in [5.74, 6) is 0.120. The topological polar surface area (TPSA) is 63.0 Å². The number of nitrogens with zero attached hydrogens (tertiary/aromatic N) is 3. The minimum Gasteiger partial charge on any atom is -0.506 e. The van der Waals surface area contributed by atoms with Gasteiger partial charge in [-0.3, -0.25) is 0 Å². The van der Waals surface area contributed by atoms with E-state index in [0.29, 0.717) is 16.2 Å². The van der Waals surface area contributed by atoms with Crippen LogP contribution in [0.15, 0.2) is 36.4 Å². The van der Waals surface area contributed by atoms with Crippen molar-refractivity contribution in [2.75, 3.05) is 11.9 Å². The molecular formula is C14H13ClN4O. The van der Waals surface area contributed by atoms with Gasteiger partial charge in [-0.25, -0.2) is 0 Å². The van der Waals surface area contributed by atoms with Gasteiger partial charge in [0.2, 0.25) is 0 Å². The summed E-state index contributed by atoms with van der Waals surface area (Å²) in [6.45, 7) is 2.79. The highest BCUT2D eigenvalue weighted by molar-refractivity contribution is 6.31. The van der Waals surface area contributed by atoms with Crippen molar-refractivity contribution in [3.8, 4) is 11.4 Å². The predicted octanol–water partition coefficient (Wildman–Crippen LogP) is 3.21. The number of hydrogen-bond acceptors (Lipinski definition) is 4. The zero-order valence-corrected chi connectivity index (χ0v) is 11.6. The monoisotopic (exact) mass is 288 g/mol. The van der Waals surface area contributed by atoms with Gasteiger partial charge in [0, 0.05) is 23.3 Å². The zero-order chi connectivity index (χ0) is 14.1. The Kier molecular flexibility index (Phi) is 3.20. The molecule has 0 aliphatic rings. The number of anilines is 1. The lowest BCUT2D eigenvalue weighted by Gasteiger charge is -2.07. The molecule has 6 heteroatoms. The van der Waals surface area contributed by atoms with Crippen molar-refractivity contribution in [2.45, 2.75) is 6.92 Å². The maximum absolute atomic E-state index is 10.1. The summed E-state index contributed by atoms with van der Waals surface area (Å²) in [4.78, 5) is 1.41. The maximum atomic E-state index is 10.1. The molecule has 0 spiro atoms. The predicted molar refractivity (Wildman–Crippen MR) is 79.7 cm³/mol. The largest absolute Gasteiger partial charge is 0.506 e. The fraction of sp³-hybridized carbons (Fsp3) is 0.143. The Morgan fingerprint density at radius 2 is 1.95 bits per heavy atom. The van der Waals surface area contributed by atoms with E-state index in [-0.39, 0.29) is 5.75 Å². The Bertz CT molecular complexity index is 769. The second-order valence-electron chi connectivity index (χ2n) is 4.36. The summed E-state index contributed by atoms with van der Waals surface area (Å²) in [6.07, 6.45) is 0. The van der Waals surface area contributed by atoms with Crippen LogP contribution in [0.3, 0.4) is 0 Å². The Morgan fingerprint density at radius 1 is 1.15 bits per heavy atom. The molecule has 20 heavy (non-hydrogen) atoms. The van der Waals surface area contributed by atoms with Gasteiger partial charge in [0.25, 0.3) is 0 Å². The molecule has 0 amide bonds. The summed E-state index contributed by atoms with van der Waals surface area (Å²) in [5.41, 5.74) is 2.80. The fourth-order valence-corrected chi connectivity index (χ4v) is 2.17. The average molecular weight is 289 g/mol. The second kappa shape index (κ2) is 5.02. The van der Waals surface area contributed by atoms with E-state index in [4.69, 9.17) is 11.6 Å². The highest BCUT2D eigenvalue weighted by Crippen LogP contribution is 2.26. The van der Waals surface area contributed by atoms with Crippen LogP contribution in [0.25, 0.3) is 16.7 Å². The minimum absolute atomic E-state index is 0.120. The van der Waals surface area contributed by atoms with Crippen molar-refractivity contribution in [2.24, 2.45) is 0 Å². The lowest BCUT2D eigenvalue weighted by Crippen LogP contribution is -2.01. The van der Waals surface area contributed by atoms with Gasteiger partial charge in [-0.15, -0.1) is 15.0 Å². The number of phenolic OH excluding ortho intramolecular Hbond substituents is 1. The molecule has 3 aromatic rings. The smallest absolute Gasteiger partial charge is 0.145 e. The summed E-state index contributed by atoms with van der Waals surface area (Å²) >= 11 is 5.93. The van der Waals surface area contributed by atoms with Crippen LogP contribution in [0.1, 0.15) is 6.92 Å². The van der Waals surface area contributed by atoms with Gasteiger partial charge in [0.05, 0.1) is 0 Å². The minimum atomic E-state index is 0.120. The standard InChI is InChI=1S/C14H13ClN4O/c1-2-16-10-4-6-13(14(20)8-10)19-17-11-5-3-9(15)7-12(11)18-19/h3-8,16,20H,2H2,1H3. The molecular weight excluding hydrogens is 276 g/mol. The number of benzene rings is 2. The van der Waals surface area contributed by atoms with Crippen molar-refractivity contribution in [3.05, 3.63) is 41.4 Å². The first-order valence-electron chi connectivity index (χ1n) is 6.27. The van der Waals surface area contributed by atoms with Gasteiger partial charge in [0.1, 0.15) is 22.5 Å². The molecule has 5 nitrogen and oxygen atoms in total. The van der Waals surface area contributed by atoms with Crippen LogP contribution in [0.2, 0.25) is 5.02 Å². The summed E-state index contributed by atoms with van der Waals surface area (Å²) in [5, 5.41) is 22.5. The maximum Gasteiger partial charge on any atom is 0.145 e. The molecule has 0 radical (unpaired) electrons. The number of phenols is 1. The summed E-state index contributed by atoms with van der Waals surface area (Å²) in [6, 6.07) is 10.6. The van der Waals surface area contributed by atoms with E-state index in [1.807, 2.05) is 13.0 Å². The van der Waals surface area contributed by atoms with Crippen molar-refractivity contribution >= 4 is 28.3 Å². The normalized spacial score (nSPS) is 10.9. The van der Waals surface area contributed by atoms with Gasteiger partial charge in [-0.05, 0) is 37.3 Å². The van der Waals surface area contributed by atoms with E-state index in [1.165, 1.54) is 4.80 Å². The number of aromatic nitrogens is 3. The van der Waals surface area contributed by atoms with Crippen LogP contribution in [0.5, 0.6) is 5.75 Å². The SMILES string of the molecule is CCNc1ccc(-n2nc3ccc(Cl)cc3n2)c(O)c1. The molecule has 0 saturated heterocycles. The Labute approximate surface area is 120 Å². The number of hydrogen-bond donors (Lipinski definition) is 2. The number of aromatic hydroxyl groups is 1. The molecule has 0 atom stereocenters. The van der Waals surface area contributed by atoms with Gasteiger partial charge < -0.3 is 10.4 Å². The van der Waals surface area contributed by atoms with Crippen molar-refractivity contribution in [1.82, 2.24) is 15.0 Å². The van der Waals surface area contributed by atoms with Gasteiger partial charge in [-0.2, -0.15) is 0 Å². The Morgan fingerprint density at radius 3 is 2.70 bits per heavy atom. The second-order valence-corrected chi connectivity index (χ2v) is 4.79. The van der Waals surface area contributed by atoms with E-state index >= 15 is 0 Å². The molecule has 0 aliphatic carbocycles. The summed E-state index contributed by atoms with van der Waals surface area (Å²) in [7, 11) is 0. The molecule has 0 saturated carbocycles. The van der Waals surface area contributed by atoms with Gasteiger partial charge in [0.15, 0.2) is 0 Å². The quantitative estimate of drug-likeness (QED) is 0.777. The van der Waals surface area contributed by atoms with Crippen LogP contribution in [-0.2, 0) is 0 Å². The Balaban J connectivity index is 2.06. The first-order chi connectivity index (χ1) is 9.67. The van der Waals surface area contributed by atoms with Crippen LogP contribution in [-0.4, -0.2) is 26.6 Å². The van der Waals surface area contributed by atoms with Gasteiger partial charge >= 0.3 is 0 Å². The van der Waals surface area contributed by atoms with Crippen LogP contribution in [0, 0.1) is 0 Å². The first-order valence-corrected chi connectivity index (χ1v) is 6.65. The molecule has 0 aliphatic heterocycles. The highest BCUT2D eigenvalue weighted by atomic mass is 35.5. The molecule has 3 rings (SSSR count). The molecule has 0 bridgehead atoms. The molecule has 2 N–H and O–H groups in total. The zero-order valence-electron chi connectivity index (χ0n) is 10.8. The van der Waals surface area contributed by atoms with E-state index < -0.39 is 0 Å². The molecule has 0 fully saturated rings. The van der Waals surface area contributed by atoms with Crippen LogP contribution >= 0.6 is 11.6 Å². The molecule has 1 aromatic heterocycles. The Hall–Kier alpha value is -2.27. The number of halogens is 1. The van der Waals surface area contributed by atoms with Crippen molar-refractivity contribution < 1.29 is 5.11 Å². The van der Waals surface area contributed by atoms with E-state index in [0.717, 1.165) is 17.7 Å². The average Bonchev–Trinajstić information content (AvgIpc) is 2.81. The highest BCUT2D eigenvalue weighted by Gasteiger charge is 2.09. The van der Waals surface area contributed by atoms with Gasteiger partial charge in [-0.1, -0.05) is 11.6 Å². The molecule has 1 heterocycles. The number of nitrogens with one attached hydrogen (secondary N) is 1. The van der Waals surface area contributed by atoms with E-state index in [1.54, 1.807) is 30.3 Å². The summed E-state index contributed by atoms with van der Waals surface area (Å²) < 4.78 is 0. The fourth-order valence-electron chi connectivity index (χ4n) is 2.00. The number of fused-ring (bicyclic) bond motifs is 1. The van der Waals surface area contributed by atoms with Crippen LogP contribution < -0.4 is 5.32 Å². The lowest BCUT2D eigenvalue weighted by molar-refractivity contribution is 0.468. The molecule has 102 valence electrons. The third-order valence-electron chi connectivity index (χ3n) is 2.91. The lowest BCUT2D eigenvalue weighted by atomic mass is 10.2. The third kappa shape index (κ3) is 2.28. The van der Waals surface area contributed by atoms with E-state index in [2.05, 4.69) is 15.5 Å². The first kappa shape index (κ1) is 12.7. The van der Waals surface area contributed by atoms with Crippen molar-refractivity contribution in [3.63, 3.8) is 0 Å². The van der Waals surface area contributed by atoms with E-state index in [9.17, 15) is 5.11 Å². The third-order valence-corrected chi connectivity index (χ3v) is 3.15. The number of rotatable bonds is 3. The molecule has 0 unspecified atom stereocenters. The van der Waals surface area contributed by atoms with Crippen molar-refractivity contribution in [1.29, 1.82) is 0 Å².